The minimum absolute atomic E-state index is 0.626. The number of hydrogen-bond donors (Lipinski definition) is 2. The van der Waals surface area contributed by atoms with Gasteiger partial charge in [-0.25, -0.2) is 0 Å². The Morgan fingerprint density at radius 1 is 1.38 bits per heavy atom. The van der Waals surface area contributed by atoms with E-state index in [1.54, 1.807) is 13.8 Å². The number of rotatable bonds is 5. The molecule has 0 aliphatic carbocycles. The fraction of sp³-hybridized carbons (Fsp3) is 0.417. The normalized spacial score (nSPS) is 11.4. The molecule has 2 N–H and O–H groups in total. The Bertz CT molecular complexity index is 360. The molecule has 3 nitrogen and oxygen atoms in total. The van der Waals surface area contributed by atoms with Crippen LogP contribution in [0.25, 0.3) is 0 Å². The van der Waals surface area contributed by atoms with E-state index in [1.165, 1.54) is 0 Å². The molecule has 0 spiro atoms. The van der Waals surface area contributed by atoms with Crippen LogP contribution < -0.4 is 5.32 Å². The topological polar surface area (TPSA) is 49.3 Å². The SMILES string of the molecule is CC(C)(NCCc1ccc(Cl)cc1)C(=O)O. The number of nitrogens with one attached hydrogen (secondary N) is 1. The molecule has 1 aromatic rings. The third kappa shape index (κ3) is 3.83. The summed E-state index contributed by atoms with van der Waals surface area (Å²) in [7, 11) is 0. The summed E-state index contributed by atoms with van der Waals surface area (Å²) in [6.07, 6.45) is 0.786. The Morgan fingerprint density at radius 2 is 1.94 bits per heavy atom. The van der Waals surface area contributed by atoms with E-state index in [2.05, 4.69) is 5.32 Å². The number of carbonyl (C=O) groups is 1. The van der Waals surface area contributed by atoms with Crippen molar-refractivity contribution in [2.45, 2.75) is 25.8 Å². The molecule has 1 aromatic carbocycles. The number of halogens is 1. The molecule has 88 valence electrons. The molecule has 0 aliphatic rings. The van der Waals surface area contributed by atoms with Gasteiger partial charge in [-0.2, -0.15) is 0 Å². The van der Waals surface area contributed by atoms with Gasteiger partial charge in [0.05, 0.1) is 0 Å². The van der Waals surface area contributed by atoms with Crippen LogP contribution in [0.15, 0.2) is 24.3 Å². The smallest absolute Gasteiger partial charge is 0.323 e. The predicted octanol–water partition coefficient (Wildman–Crippen LogP) is 2.34. The van der Waals surface area contributed by atoms with E-state index in [-0.39, 0.29) is 0 Å². The molecule has 0 saturated carbocycles. The maximum Gasteiger partial charge on any atom is 0.323 e. The van der Waals surface area contributed by atoms with Crippen LogP contribution in [0.4, 0.5) is 0 Å². The molecule has 0 aromatic heterocycles. The van der Waals surface area contributed by atoms with Crippen LogP contribution in [0.1, 0.15) is 19.4 Å². The summed E-state index contributed by atoms with van der Waals surface area (Å²) in [5.74, 6) is -0.844. The highest BCUT2D eigenvalue weighted by molar-refractivity contribution is 6.30. The highest BCUT2D eigenvalue weighted by Gasteiger charge is 2.25. The molecule has 0 amide bonds. The Hall–Kier alpha value is -1.06. The summed E-state index contributed by atoms with van der Waals surface area (Å²) in [6.45, 7) is 3.93. The second kappa shape index (κ2) is 5.32. The van der Waals surface area contributed by atoms with E-state index in [1.807, 2.05) is 24.3 Å². The first-order chi connectivity index (χ1) is 7.42. The van der Waals surface area contributed by atoms with Crippen molar-refractivity contribution in [3.63, 3.8) is 0 Å². The second-order valence-electron chi connectivity index (χ2n) is 4.23. The number of carboxylic acid groups (broad SMARTS) is 1. The fourth-order valence-electron chi connectivity index (χ4n) is 1.25. The first-order valence-corrected chi connectivity index (χ1v) is 5.52. The first kappa shape index (κ1) is 13.0. The van der Waals surface area contributed by atoms with Crippen LogP contribution in [-0.4, -0.2) is 23.2 Å². The Balaban J connectivity index is 2.41. The van der Waals surface area contributed by atoms with Gasteiger partial charge in [0.2, 0.25) is 0 Å². The van der Waals surface area contributed by atoms with Gasteiger partial charge in [-0.3, -0.25) is 4.79 Å². The van der Waals surface area contributed by atoms with Crippen LogP contribution in [0, 0.1) is 0 Å². The lowest BCUT2D eigenvalue weighted by molar-refractivity contribution is -0.143. The Kier molecular flexibility index (Phi) is 4.33. The van der Waals surface area contributed by atoms with Crippen LogP contribution in [-0.2, 0) is 11.2 Å². The predicted molar refractivity (Wildman–Crippen MR) is 64.9 cm³/mol. The Labute approximate surface area is 100 Å². The van der Waals surface area contributed by atoms with E-state index in [0.717, 1.165) is 12.0 Å². The fourth-order valence-corrected chi connectivity index (χ4v) is 1.37. The quantitative estimate of drug-likeness (QED) is 0.832. The van der Waals surface area contributed by atoms with Gasteiger partial charge in [-0.1, -0.05) is 23.7 Å². The summed E-state index contributed by atoms with van der Waals surface area (Å²) in [4.78, 5) is 10.8. The molecule has 0 radical (unpaired) electrons. The van der Waals surface area contributed by atoms with Crippen LogP contribution >= 0.6 is 11.6 Å². The van der Waals surface area contributed by atoms with Gasteiger partial charge in [0.1, 0.15) is 5.54 Å². The number of aliphatic carboxylic acids is 1. The van der Waals surface area contributed by atoms with Crippen molar-refractivity contribution in [1.29, 1.82) is 0 Å². The van der Waals surface area contributed by atoms with Gasteiger partial charge in [-0.15, -0.1) is 0 Å². The molecule has 0 aliphatic heterocycles. The van der Waals surface area contributed by atoms with Crippen molar-refractivity contribution in [2.75, 3.05) is 6.54 Å². The van der Waals surface area contributed by atoms with Crippen molar-refractivity contribution < 1.29 is 9.90 Å². The van der Waals surface area contributed by atoms with Gasteiger partial charge in [0.15, 0.2) is 0 Å². The molecule has 4 heteroatoms. The monoisotopic (exact) mass is 241 g/mol. The zero-order chi connectivity index (χ0) is 12.2. The maximum atomic E-state index is 10.8. The number of carboxylic acids is 1. The highest BCUT2D eigenvalue weighted by Crippen LogP contribution is 2.10. The van der Waals surface area contributed by atoms with Crippen molar-refractivity contribution in [2.24, 2.45) is 0 Å². The number of benzene rings is 1. The molecule has 0 unspecified atom stereocenters. The molecule has 0 atom stereocenters. The minimum Gasteiger partial charge on any atom is -0.480 e. The zero-order valence-electron chi connectivity index (χ0n) is 9.46. The summed E-state index contributed by atoms with van der Waals surface area (Å²) in [6, 6.07) is 7.55. The minimum atomic E-state index is -0.883. The van der Waals surface area contributed by atoms with Gasteiger partial charge in [-0.05, 0) is 38.0 Å². The van der Waals surface area contributed by atoms with Crippen molar-refractivity contribution in [3.05, 3.63) is 34.9 Å². The van der Waals surface area contributed by atoms with Crippen molar-refractivity contribution in [1.82, 2.24) is 5.32 Å². The average Bonchev–Trinajstić information content (AvgIpc) is 2.20. The highest BCUT2D eigenvalue weighted by atomic mass is 35.5. The molecule has 0 saturated heterocycles. The van der Waals surface area contributed by atoms with E-state index >= 15 is 0 Å². The molecule has 0 heterocycles. The first-order valence-electron chi connectivity index (χ1n) is 5.15. The largest absolute Gasteiger partial charge is 0.480 e. The molecule has 0 bridgehead atoms. The van der Waals surface area contributed by atoms with Gasteiger partial charge >= 0.3 is 5.97 Å². The maximum absolute atomic E-state index is 10.8. The van der Waals surface area contributed by atoms with E-state index < -0.39 is 11.5 Å². The van der Waals surface area contributed by atoms with E-state index in [0.29, 0.717) is 11.6 Å². The molecular formula is C12H16ClNO2. The lowest BCUT2D eigenvalue weighted by Crippen LogP contribution is -2.47. The van der Waals surface area contributed by atoms with Crippen LogP contribution in [0.3, 0.4) is 0 Å². The lowest BCUT2D eigenvalue weighted by atomic mass is 10.1. The molecule has 1 rings (SSSR count). The Morgan fingerprint density at radius 3 is 2.44 bits per heavy atom. The molecular weight excluding hydrogens is 226 g/mol. The van der Waals surface area contributed by atoms with E-state index in [9.17, 15) is 4.79 Å². The third-order valence-electron chi connectivity index (χ3n) is 2.43. The summed E-state index contributed by atoms with van der Waals surface area (Å²) < 4.78 is 0. The second-order valence-corrected chi connectivity index (χ2v) is 4.67. The van der Waals surface area contributed by atoms with Crippen molar-refractivity contribution in [3.8, 4) is 0 Å². The van der Waals surface area contributed by atoms with E-state index in [4.69, 9.17) is 16.7 Å². The molecule has 16 heavy (non-hydrogen) atoms. The average molecular weight is 242 g/mol. The molecule has 0 fully saturated rings. The van der Waals surface area contributed by atoms with Crippen molar-refractivity contribution >= 4 is 17.6 Å². The number of hydrogen-bond acceptors (Lipinski definition) is 2. The van der Waals surface area contributed by atoms with Crippen LogP contribution in [0.5, 0.6) is 0 Å². The van der Waals surface area contributed by atoms with Gasteiger partial charge < -0.3 is 10.4 Å². The lowest BCUT2D eigenvalue weighted by Gasteiger charge is -2.20. The summed E-state index contributed by atoms with van der Waals surface area (Å²) in [5.41, 5.74) is 0.255. The van der Waals surface area contributed by atoms with Crippen LogP contribution in [0.2, 0.25) is 5.02 Å². The van der Waals surface area contributed by atoms with Gasteiger partial charge in [0.25, 0.3) is 0 Å². The van der Waals surface area contributed by atoms with Gasteiger partial charge in [0, 0.05) is 11.6 Å². The third-order valence-corrected chi connectivity index (χ3v) is 2.68. The summed E-state index contributed by atoms with van der Waals surface area (Å²) in [5, 5.41) is 12.6. The summed E-state index contributed by atoms with van der Waals surface area (Å²) >= 11 is 5.77. The zero-order valence-corrected chi connectivity index (χ0v) is 10.2. The standard InChI is InChI=1S/C12H16ClNO2/c1-12(2,11(15)16)14-8-7-9-3-5-10(13)6-4-9/h3-6,14H,7-8H2,1-2H3,(H,15,16).